The van der Waals surface area contributed by atoms with Gasteiger partial charge in [-0.05, 0) is 55.3 Å². The van der Waals surface area contributed by atoms with Crippen molar-refractivity contribution in [1.29, 1.82) is 0 Å². The van der Waals surface area contributed by atoms with Gasteiger partial charge in [-0.25, -0.2) is 12.9 Å². The Labute approximate surface area is 152 Å². The molecule has 0 aliphatic heterocycles. The number of hydrogen-bond donors (Lipinski definition) is 2. The van der Waals surface area contributed by atoms with Crippen LogP contribution in [0.3, 0.4) is 0 Å². The summed E-state index contributed by atoms with van der Waals surface area (Å²) in [6, 6.07) is 10.5. The van der Waals surface area contributed by atoms with Gasteiger partial charge in [-0.1, -0.05) is 6.07 Å². The third-order valence-electron chi connectivity index (χ3n) is 4.10. The zero-order valence-corrected chi connectivity index (χ0v) is 15.4. The van der Waals surface area contributed by atoms with Gasteiger partial charge in [-0.15, -0.1) is 0 Å². The summed E-state index contributed by atoms with van der Waals surface area (Å²) in [5.74, 6) is -0.502. The van der Waals surface area contributed by atoms with E-state index in [2.05, 4.69) is 15.1 Å². The summed E-state index contributed by atoms with van der Waals surface area (Å²) in [6.45, 7) is 3.92. The standard InChI is InChI=1S/C18H20N4O3S/c1-13-3-4-15(11-14(13)2)18(23)19-8-10-26(24,25)21-16-6-9-22-17(12-16)5-7-20-22/h3-7,9,11-12,21H,8,10H2,1-2H3,(H,19,23). The number of rotatable bonds is 6. The van der Waals surface area contributed by atoms with Crippen LogP contribution in [0.4, 0.5) is 5.69 Å². The molecule has 0 aliphatic rings. The Morgan fingerprint density at radius 2 is 1.92 bits per heavy atom. The molecule has 0 saturated heterocycles. The van der Waals surface area contributed by atoms with E-state index >= 15 is 0 Å². The first-order chi connectivity index (χ1) is 12.3. The Balaban J connectivity index is 1.57. The van der Waals surface area contributed by atoms with Crippen molar-refractivity contribution in [1.82, 2.24) is 14.9 Å². The minimum atomic E-state index is -3.57. The molecule has 1 aromatic carbocycles. The van der Waals surface area contributed by atoms with Gasteiger partial charge in [0.15, 0.2) is 0 Å². The Morgan fingerprint density at radius 1 is 1.12 bits per heavy atom. The number of hydrogen-bond acceptors (Lipinski definition) is 4. The molecule has 2 heterocycles. The molecule has 8 heteroatoms. The van der Waals surface area contributed by atoms with Gasteiger partial charge < -0.3 is 5.32 Å². The van der Waals surface area contributed by atoms with E-state index in [9.17, 15) is 13.2 Å². The summed E-state index contributed by atoms with van der Waals surface area (Å²) in [6.07, 6.45) is 3.31. The highest BCUT2D eigenvalue weighted by Crippen LogP contribution is 2.13. The molecule has 3 rings (SSSR count). The SMILES string of the molecule is Cc1ccc(C(=O)NCCS(=O)(=O)Nc2ccn3nccc3c2)cc1C. The number of sulfonamides is 1. The number of carbonyl (C=O) groups excluding carboxylic acids is 1. The minimum absolute atomic E-state index is 0.0238. The molecule has 136 valence electrons. The number of aromatic nitrogens is 2. The number of amides is 1. The molecule has 3 aromatic rings. The molecule has 0 bridgehead atoms. The first kappa shape index (κ1) is 17.9. The Hall–Kier alpha value is -2.87. The van der Waals surface area contributed by atoms with Crippen LogP contribution < -0.4 is 10.0 Å². The maximum Gasteiger partial charge on any atom is 0.251 e. The van der Waals surface area contributed by atoms with Gasteiger partial charge in [-0.3, -0.25) is 9.52 Å². The molecule has 2 N–H and O–H groups in total. The first-order valence-electron chi connectivity index (χ1n) is 8.13. The van der Waals surface area contributed by atoms with Crippen LogP contribution in [0.1, 0.15) is 21.5 Å². The lowest BCUT2D eigenvalue weighted by atomic mass is 10.1. The van der Waals surface area contributed by atoms with Crippen molar-refractivity contribution < 1.29 is 13.2 Å². The number of aryl methyl sites for hydroxylation is 2. The second-order valence-corrected chi connectivity index (χ2v) is 7.93. The lowest BCUT2D eigenvalue weighted by Gasteiger charge is -2.10. The molecule has 0 radical (unpaired) electrons. The summed E-state index contributed by atoms with van der Waals surface area (Å²) in [5.41, 5.74) is 3.88. The van der Waals surface area contributed by atoms with Gasteiger partial charge in [-0.2, -0.15) is 5.10 Å². The van der Waals surface area contributed by atoms with Crippen LogP contribution in [0.15, 0.2) is 48.8 Å². The van der Waals surface area contributed by atoms with Gasteiger partial charge in [0.05, 0.1) is 17.0 Å². The maximum absolute atomic E-state index is 12.2. The van der Waals surface area contributed by atoms with Crippen LogP contribution >= 0.6 is 0 Å². The van der Waals surface area contributed by atoms with Crippen molar-refractivity contribution in [3.8, 4) is 0 Å². The average Bonchev–Trinajstić information content (AvgIpc) is 3.04. The molecular weight excluding hydrogens is 352 g/mol. The van der Waals surface area contributed by atoms with E-state index in [1.165, 1.54) is 0 Å². The molecule has 2 aromatic heterocycles. The summed E-state index contributed by atoms with van der Waals surface area (Å²) in [7, 11) is -3.57. The van der Waals surface area contributed by atoms with Crippen LogP contribution in [-0.2, 0) is 10.0 Å². The third-order valence-corrected chi connectivity index (χ3v) is 5.39. The number of anilines is 1. The van der Waals surface area contributed by atoms with Gasteiger partial charge in [0, 0.05) is 24.5 Å². The van der Waals surface area contributed by atoms with Gasteiger partial charge in [0.25, 0.3) is 5.91 Å². The van der Waals surface area contributed by atoms with Crippen LogP contribution in [-0.4, -0.2) is 36.2 Å². The Kier molecular flexibility index (Phi) is 4.94. The fraction of sp³-hybridized carbons (Fsp3) is 0.222. The molecule has 0 fully saturated rings. The van der Waals surface area contributed by atoms with E-state index in [0.717, 1.165) is 16.6 Å². The normalized spacial score (nSPS) is 11.5. The lowest BCUT2D eigenvalue weighted by molar-refractivity contribution is 0.0956. The van der Waals surface area contributed by atoms with Crippen molar-refractivity contribution >= 4 is 27.1 Å². The first-order valence-corrected chi connectivity index (χ1v) is 9.79. The second kappa shape index (κ2) is 7.17. The average molecular weight is 372 g/mol. The second-order valence-electron chi connectivity index (χ2n) is 6.09. The quantitative estimate of drug-likeness (QED) is 0.693. The van der Waals surface area contributed by atoms with Gasteiger partial charge >= 0.3 is 0 Å². The van der Waals surface area contributed by atoms with Crippen LogP contribution in [0.2, 0.25) is 0 Å². The van der Waals surface area contributed by atoms with Crippen molar-refractivity contribution in [2.24, 2.45) is 0 Å². The van der Waals surface area contributed by atoms with Gasteiger partial charge in [0.2, 0.25) is 10.0 Å². The zero-order valence-electron chi connectivity index (χ0n) is 14.6. The largest absolute Gasteiger partial charge is 0.351 e. The van der Waals surface area contributed by atoms with Crippen molar-refractivity contribution in [3.05, 3.63) is 65.5 Å². The number of nitrogens with one attached hydrogen (secondary N) is 2. The highest BCUT2D eigenvalue weighted by atomic mass is 32.2. The summed E-state index contributed by atoms with van der Waals surface area (Å²) in [5, 5.41) is 6.70. The third kappa shape index (κ3) is 4.20. The molecule has 0 unspecified atom stereocenters. The summed E-state index contributed by atoms with van der Waals surface area (Å²) in [4.78, 5) is 12.1. The highest BCUT2D eigenvalue weighted by Gasteiger charge is 2.13. The maximum atomic E-state index is 12.2. The number of carbonyl (C=O) groups is 1. The Bertz CT molecular complexity index is 1060. The molecule has 7 nitrogen and oxygen atoms in total. The Morgan fingerprint density at radius 3 is 2.69 bits per heavy atom. The van der Waals surface area contributed by atoms with Crippen molar-refractivity contribution in [2.75, 3.05) is 17.0 Å². The summed E-state index contributed by atoms with van der Waals surface area (Å²) >= 11 is 0. The van der Waals surface area contributed by atoms with E-state index in [0.29, 0.717) is 11.3 Å². The van der Waals surface area contributed by atoms with E-state index in [-0.39, 0.29) is 18.2 Å². The van der Waals surface area contributed by atoms with E-state index in [4.69, 9.17) is 0 Å². The molecule has 1 amide bonds. The molecule has 0 atom stereocenters. The monoisotopic (exact) mass is 372 g/mol. The van der Waals surface area contributed by atoms with Gasteiger partial charge in [0.1, 0.15) is 0 Å². The fourth-order valence-electron chi connectivity index (χ4n) is 2.50. The van der Waals surface area contributed by atoms with E-state index in [1.807, 2.05) is 19.9 Å². The summed E-state index contributed by atoms with van der Waals surface area (Å²) < 4.78 is 28.6. The molecule has 0 spiro atoms. The zero-order chi connectivity index (χ0) is 18.7. The van der Waals surface area contributed by atoms with E-state index in [1.54, 1.807) is 47.2 Å². The van der Waals surface area contributed by atoms with Crippen molar-refractivity contribution in [3.63, 3.8) is 0 Å². The fourth-order valence-corrected chi connectivity index (χ4v) is 3.46. The van der Waals surface area contributed by atoms with Crippen LogP contribution in [0.25, 0.3) is 5.52 Å². The van der Waals surface area contributed by atoms with E-state index < -0.39 is 10.0 Å². The number of nitrogens with zero attached hydrogens (tertiary/aromatic N) is 2. The molecule has 26 heavy (non-hydrogen) atoms. The molecule has 0 aliphatic carbocycles. The molecule has 0 saturated carbocycles. The topological polar surface area (TPSA) is 92.6 Å². The number of fused-ring (bicyclic) bond motifs is 1. The minimum Gasteiger partial charge on any atom is -0.351 e. The highest BCUT2D eigenvalue weighted by molar-refractivity contribution is 7.92. The lowest BCUT2D eigenvalue weighted by Crippen LogP contribution is -2.31. The van der Waals surface area contributed by atoms with Crippen molar-refractivity contribution in [2.45, 2.75) is 13.8 Å². The number of benzene rings is 1. The smallest absolute Gasteiger partial charge is 0.251 e. The van der Waals surface area contributed by atoms with Crippen LogP contribution in [0, 0.1) is 13.8 Å². The predicted octanol–water partition coefficient (Wildman–Crippen LogP) is 2.12. The molecular formula is C18H20N4O3S. The number of pyridine rings is 1. The van der Waals surface area contributed by atoms with Crippen LogP contribution in [0.5, 0.6) is 0 Å². The predicted molar refractivity (Wildman–Crippen MR) is 101 cm³/mol.